The molecule has 1 atom stereocenters. The Hall–Kier alpha value is -1.81. The number of hydrogen-bond donors (Lipinski definition) is 1. The van der Waals surface area contributed by atoms with Gasteiger partial charge in [-0.3, -0.25) is 4.21 Å². The SMILES string of the molecule is Cc1ccc(S(=O)CCOc2ccc(N)cc2)c(C)c1. The number of hydrogen-bond acceptors (Lipinski definition) is 3. The zero-order chi connectivity index (χ0) is 14.5. The molecule has 0 fully saturated rings. The lowest BCUT2D eigenvalue weighted by Gasteiger charge is -2.08. The average molecular weight is 289 g/mol. The molecule has 0 aromatic heterocycles. The first-order valence-corrected chi connectivity index (χ1v) is 7.82. The van der Waals surface area contributed by atoms with E-state index in [9.17, 15) is 4.21 Å². The van der Waals surface area contributed by atoms with Crippen LogP contribution in [0, 0.1) is 13.8 Å². The normalized spacial score (nSPS) is 12.1. The molecule has 0 aliphatic heterocycles. The van der Waals surface area contributed by atoms with Crippen LogP contribution in [0.4, 0.5) is 5.69 Å². The fraction of sp³-hybridized carbons (Fsp3) is 0.250. The molecule has 0 aliphatic carbocycles. The number of anilines is 1. The first-order chi connectivity index (χ1) is 9.56. The van der Waals surface area contributed by atoms with E-state index in [1.165, 1.54) is 5.56 Å². The van der Waals surface area contributed by atoms with Gasteiger partial charge < -0.3 is 10.5 Å². The molecule has 4 heteroatoms. The van der Waals surface area contributed by atoms with E-state index in [1.807, 2.05) is 44.2 Å². The fourth-order valence-electron chi connectivity index (χ4n) is 1.96. The van der Waals surface area contributed by atoms with Crippen LogP contribution in [-0.4, -0.2) is 16.6 Å². The second-order valence-corrected chi connectivity index (χ2v) is 6.28. The summed E-state index contributed by atoms with van der Waals surface area (Å²) in [4.78, 5) is 0.886. The molecule has 0 aliphatic rings. The van der Waals surface area contributed by atoms with Crippen molar-refractivity contribution in [3.8, 4) is 5.75 Å². The van der Waals surface area contributed by atoms with Crippen molar-refractivity contribution in [3.05, 3.63) is 53.6 Å². The van der Waals surface area contributed by atoms with Gasteiger partial charge in [-0.05, 0) is 49.7 Å². The summed E-state index contributed by atoms with van der Waals surface area (Å²) in [5.74, 6) is 1.23. The van der Waals surface area contributed by atoms with Gasteiger partial charge in [0.1, 0.15) is 12.4 Å². The molecule has 2 aromatic rings. The molecule has 0 heterocycles. The number of aryl methyl sites for hydroxylation is 2. The molecule has 0 saturated carbocycles. The summed E-state index contributed by atoms with van der Waals surface area (Å²) in [6, 6.07) is 13.2. The second kappa shape index (κ2) is 6.57. The number of rotatable bonds is 5. The molecule has 0 amide bonds. The van der Waals surface area contributed by atoms with E-state index in [0.717, 1.165) is 16.2 Å². The topological polar surface area (TPSA) is 52.3 Å². The minimum absolute atomic E-state index is 0.420. The summed E-state index contributed by atoms with van der Waals surface area (Å²) < 4.78 is 17.8. The molecule has 20 heavy (non-hydrogen) atoms. The third kappa shape index (κ3) is 3.84. The van der Waals surface area contributed by atoms with Crippen molar-refractivity contribution in [2.75, 3.05) is 18.1 Å². The zero-order valence-electron chi connectivity index (χ0n) is 11.8. The van der Waals surface area contributed by atoms with Gasteiger partial charge in [-0.25, -0.2) is 0 Å². The largest absolute Gasteiger partial charge is 0.493 e. The van der Waals surface area contributed by atoms with Gasteiger partial charge in [0.25, 0.3) is 0 Å². The monoisotopic (exact) mass is 289 g/mol. The first kappa shape index (κ1) is 14.6. The van der Waals surface area contributed by atoms with E-state index in [2.05, 4.69) is 0 Å². The van der Waals surface area contributed by atoms with Gasteiger partial charge in [0.15, 0.2) is 0 Å². The molecule has 2 aromatic carbocycles. The molecular formula is C16H19NO2S. The lowest BCUT2D eigenvalue weighted by molar-refractivity contribution is 0.342. The Morgan fingerprint density at radius 1 is 1.10 bits per heavy atom. The highest BCUT2D eigenvalue weighted by molar-refractivity contribution is 7.85. The van der Waals surface area contributed by atoms with Crippen molar-refractivity contribution in [1.29, 1.82) is 0 Å². The standard InChI is InChI=1S/C16H19NO2S/c1-12-3-8-16(13(2)11-12)20(18)10-9-19-15-6-4-14(17)5-7-15/h3-8,11H,9-10,17H2,1-2H3. The van der Waals surface area contributed by atoms with Gasteiger partial charge in [0.2, 0.25) is 0 Å². The van der Waals surface area contributed by atoms with Crippen molar-refractivity contribution >= 4 is 16.5 Å². The van der Waals surface area contributed by atoms with E-state index in [0.29, 0.717) is 18.0 Å². The van der Waals surface area contributed by atoms with Gasteiger partial charge in [-0.2, -0.15) is 0 Å². The quantitative estimate of drug-likeness (QED) is 0.861. The van der Waals surface area contributed by atoms with Crippen molar-refractivity contribution in [1.82, 2.24) is 0 Å². The number of nitrogens with two attached hydrogens (primary N) is 1. The fourth-order valence-corrected chi connectivity index (χ4v) is 3.06. The lowest BCUT2D eigenvalue weighted by atomic mass is 10.2. The van der Waals surface area contributed by atoms with Crippen LogP contribution < -0.4 is 10.5 Å². The van der Waals surface area contributed by atoms with Crippen molar-refractivity contribution in [2.24, 2.45) is 0 Å². The third-order valence-corrected chi connectivity index (χ3v) is 4.48. The van der Waals surface area contributed by atoms with E-state index in [-0.39, 0.29) is 0 Å². The molecule has 2 rings (SSSR count). The van der Waals surface area contributed by atoms with Gasteiger partial charge in [0, 0.05) is 10.6 Å². The molecule has 0 radical (unpaired) electrons. The Bertz CT molecular complexity index is 608. The molecular weight excluding hydrogens is 270 g/mol. The third-order valence-electron chi connectivity index (χ3n) is 2.99. The van der Waals surface area contributed by atoms with Gasteiger partial charge >= 0.3 is 0 Å². The van der Waals surface area contributed by atoms with Gasteiger partial charge in [0.05, 0.1) is 16.6 Å². The Labute approximate surface area is 122 Å². The van der Waals surface area contributed by atoms with Crippen molar-refractivity contribution < 1.29 is 8.95 Å². The molecule has 0 bridgehead atoms. The maximum Gasteiger partial charge on any atom is 0.119 e. The highest BCUT2D eigenvalue weighted by atomic mass is 32.2. The summed E-state index contributed by atoms with van der Waals surface area (Å²) in [6.07, 6.45) is 0. The van der Waals surface area contributed by atoms with E-state index >= 15 is 0 Å². The van der Waals surface area contributed by atoms with E-state index in [1.54, 1.807) is 12.1 Å². The predicted octanol–water partition coefficient (Wildman–Crippen LogP) is 3.07. The van der Waals surface area contributed by atoms with Crippen LogP contribution in [0.15, 0.2) is 47.4 Å². The maximum absolute atomic E-state index is 12.2. The van der Waals surface area contributed by atoms with Crippen molar-refractivity contribution in [2.45, 2.75) is 18.7 Å². The Balaban J connectivity index is 1.90. The van der Waals surface area contributed by atoms with Crippen molar-refractivity contribution in [3.63, 3.8) is 0 Å². The minimum atomic E-state index is -1.03. The Morgan fingerprint density at radius 3 is 2.45 bits per heavy atom. The number of benzene rings is 2. The zero-order valence-corrected chi connectivity index (χ0v) is 12.6. The lowest BCUT2D eigenvalue weighted by Crippen LogP contribution is -2.09. The van der Waals surface area contributed by atoms with Crippen LogP contribution in [0.1, 0.15) is 11.1 Å². The minimum Gasteiger partial charge on any atom is -0.493 e. The number of nitrogen functional groups attached to an aromatic ring is 1. The van der Waals surface area contributed by atoms with Crippen LogP contribution in [0.5, 0.6) is 5.75 Å². The number of ether oxygens (including phenoxy) is 1. The maximum atomic E-state index is 12.2. The average Bonchev–Trinajstić information content (AvgIpc) is 2.41. The molecule has 0 spiro atoms. The Morgan fingerprint density at radius 2 is 1.80 bits per heavy atom. The molecule has 3 nitrogen and oxygen atoms in total. The summed E-state index contributed by atoms with van der Waals surface area (Å²) in [5, 5.41) is 0. The smallest absolute Gasteiger partial charge is 0.119 e. The van der Waals surface area contributed by atoms with Crippen LogP contribution in [0.3, 0.4) is 0 Å². The van der Waals surface area contributed by atoms with Crippen LogP contribution >= 0.6 is 0 Å². The van der Waals surface area contributed by atoms with E-state index < -0.39 is 10.8 Å². The summed E-state index contributed by atoms with van der Waals surface area (Å²) in [6.45, 7) is 4.44. The second-order valence-electron chi connectivity index (χ2n) is 4.74. The Kier molecular flexibility index (Phi) is 4.79. The summed E-state index contributed by atoms with van der Waals surface area (Å²) in [5.41, 5.74) is 8.56. The van der Waals surface area contributed by atoms with Crippen LogP contribution in [0.25, 0.3) is 0 Å². The van der Waals surface area contributed by atoms with Crippen LogP contribution in [0.2, 0.25) is 0 Å². The molecule has 2 N–H and O–H groups in total. The predicted molar refractivity (Wildman–Crippen MR) is 83.5 cm³/mol. The van der Waals surface area contributed by atoms with Gasteiger partial charge in [-0.1, -0.05) is 17.7 Å². The van der Waals surface area contributed by atoms with Gasteiger partial charge in [-0.15, -0.1) is 0 Å². The highest BCUT2D eigenvalue weighted by Gasteiger charge is 2.07. The summed E-state index contributed by atoms with van der Waals surface area (Å²) in [7, 11) is -1.03. The van der Waals surface area contributed by atoms with Crippen LogP contribution in [-0.2, 0) is 10.8 Å². The molecule has 106 valence electrons. The first-order valence-electron chi connectivity index (χ1n) is 6.50. The highest BCUT2D eigenvalue weighted by Crippen LogP contribution is 2.16. The van der Waals surface area contributed by atoms with E-state index in [4.69, 9.17) is 10.5 Å². The summed E-state index contributed by atoms with van der Waals surface area (Å²) >= 11 is 0. The molecule has 0 saturated heterocycles. The molecule has 1 unspecified atom stereocenters.